The van der Waals surface area contributed by atoms with Gasteiger partial charge in [-0.05, 0) is 36.2 Å². The Labute approximate surface area is 194 Å². The summed E-state index contributed by atoms with van der Waals surface area (Å²) >= 11 is 0. The number of benzene rings is 2. The van der Waals surface area contributed by atoms with E-state index in [1.807, 2.05) is 0 Å². The topological polar surface area (TPSA) is 154 Å². The van der Waals surface area contributed by atoms with E-state index in [0.717, 1.165) is 10.5 Å². The van der Waals surface area contributed by atoms with E-state index in [4.69, 9.17) is 9.84 Å². The number of carbonyl (C=O) groups is 5. The molecule has 2 aromatic carbocycles. The van der Waals surface area contributed by atoms with E-state index in [9.17, 15) is 24.0 Å². The van der Waals surface area contributed by atoms with Gasteiger partial charge in [0.05, 0.1) is 11.1 Å². The number of imide groups is 2. The zero-order chi connectivity index (χ0) is 24.2. The van der Waals surface area contributed by atoms with E-state index in [-0.39, 0.29) is 37.1 Å². The molecule has 11 heteroatoms. The van der Waals surface area contributed by atoms with Crippen LogP contribution >= 0.6 is 0 Å². The standard InChI is InChI=1S/C23H22N4O7/c28-18-9-8-17(20(29)26-18)27-21(30)15-2-1-3-16(19(15)22(27)31)24-10-11-34-14-6-4-13(5-7-14)12-25-23(32)33/h1-7,17,24-25H,8-12H2,(H,32,33)(H,26,28,29). The van der Waals surface area contributed by atoms with Gasteiger partial charge in [0.15, 0.2) is 0 Å². The fourth-order valence-electron chi connectivity index (χ4n) is 3.90. The van der Waals surface area contributed by atoms with Gasteiger partial charge in [0, 0.05) is 25.2 Å². The third-order valence-corrected chi connectivity index (χ3v) is 5.52. The molecule has 4 rings (SSSR count). The Kier molecular flexibility index (Phi) is 6.44. The van der Waals surface area contributed by atoms with E-state index in [1.165, 1.54) is 6.07 Å². The lowest BCUT2D eigenvalue weighted by Crippen LogP contribution is -2.54. The Hall–Kier alpha value is -4.41. The summed E-state index contributed by atoms with van der Waals surface area (Å²) in [6, 6.07) is 10.8. The van der Waals surface area contributed by atoms with Gasteiger partial charge in [-0.3, -0.25) is 29.4 Å². The van der Waals surface area contributed by atoms with Crippen LogP contribution in [0.1, 0.15) is 39.1 Å². The molecule has 1 atom stereocenters. The Morgan fingerprint density at radius 3 is 2.56 bits per heavy atom. The lowest BCUT2D eigenvalue weighted by Gasteiger charge is -2.27. The fraction of sp³-hybridized carbons (Fsp3) is 0.261. The second-order valence-corrected chi connectivity index (χ2v) is 7.75. The van der Waals surface area contributed by atoms with Gasteiger partial charge < -0.3 is 20.5 Å². The number of hydrogen-bond donors (Lipinski definition) is 4. The molecule has 0 saturated carbocycles. The first-order chi connectivity index (χ1) is 16.3. The monoisotopic (exact) mass is 466 g/mol. The van der Waals surface area contributed by atoms with Crippen molar-refractivity contribution in [2.24, 2.45) is 0 Å². The summed E-state index contributed by atoms with van der Waals surface area (Å²) in [5.74, 6) is -1.63. The van der Waals surface area contributed by atoms with Crippen LogP contribution in [0.15, 0.2) is 42.5 Å². The molecule has 1 fully saturated rings. The van der Waals surface area contributed by atoms with Crippen molar-refractivity contribution >= 4 is 35.4 Å². The Bertz CT molecular complexity index is 1160. The molecule has 176 valence electrons. The first kappa shape index (κ1) is 22.8. The fourth-order valence-corrected chi connectivity index (χ4v) is 3.90. The van der Waals surface area contributed by atoms with Crippen LogP contribution in [0.3, 0.4) is 0 Å². The van der Waals surface area contributed by atoms with Crippen LogP contribution in [-0.4, -0.2) is 58.9 Å². The largest absolute Gasteiger partial charge is 0.492 e. The van der Waals surface area contributed by atoms with Crippen molar-refractivity contribution in [2.75, 3.05) is 18.5 Å². The van der Waals surface area contributed by atoms with Gasteiger partial charge in [0.1, 0.15) is 18.4 Å². The van der Waals surface area contributed by atoms with Crippen molar-refractivity contribution in [3.63, 3.8) is 0 Å². The summed E-state index contributed by atoms with van der Waals surface area (Å²) in [6.07, 6.45) is -0.944. The van der Waals surface area contributed by atoms with Gasteiger partial charge in [0.25, 0.3) is 11.8 Å². The van der Waals surface area contributed by atoms with Crippen molar-refractivity contribution in [2.45, 2.75) is 25.4 Å². The molecule has 1 saturated heterocycles. The molecule has 2 aliphatic heterocycles. The molecule has 4 N–H and O–H groups in total. The Morgan fingerprint density at radius 1 is 1.09 bits per heavy atom. The Balaban J connectivity index is 1.36. The maximum Gasteiger partial charge on any atom is 0.404 e. The van der Waals surface area contributed by atoms with Gasteiger partial charge in [-0.25, -0.2) is 4.79 Å². The molecule has 2 heterocycles. The van der Waals surface area contributed by atoms with Gasteiger partial charge >= 0.3 is 6.09 Å². The summed E-state index contributed by atoms with van der Waals surface area (Å²) in [4.78, 5) is 61.0. The highest BCUT2D eigenvalue weighted by Crippen LogP contribution is 2.32. The van der Waals surface area contributed by atoms with E-state index in [2.05, 4.69) is 16.0 Å². The molecule has 11 nitrogen and oxygen atoms in total. The number of fused-ring (bicyclic) bond motifs is 1. The quantitative estimate of drug-likeness (QED) is 0.336. The predicted molar refractivity (Wildman–Crippen MR) is 118 cm³/mol. The normalized spacial score (nSPS) is 17.3. The third-order valence-electron chi connectivity index (χ3n) is 5.52. The maximum absolute atomic E-state index is 13.1. The van der Waals surface area contributed by atoms with Gasteiger partial charge in [-0.1, -0.05) is 18.2 Å². The minimum Gasteiger partial charge on any atom is -0.492 e. The van der Waals surface area contributed by atoms with Gasteiger partial charge in [0.2, 0.25) is 11.8 Å². The number of ether oxygens (including phenoxy) is 1. The van der Waals surface area contributed by atoms with Crippen molar-refractivity contribution < 1.29 is 33.8 Å². The van der Waals surface area contributed by atoms with E-state index in [0.29, 0.717) is 18.0 Å². The summed E-state index contributed by atoms with van der Waals surface area (Å²) < 4.78 is 5.67. The molecule has 5 amide bonds. The van der Waals surface area contributed by atoms with Crippen LogP contribution in [-0.2, 0) is 16.1 Å². The number of carbonyl (C=O) groups excluding carboxylic acids is 4. The van der Waals surface area contributed by atoms with E-state index < -0.39 is 35.8 Å². The van der Waals surface area contributed by atoms with E-state index >= 15 is 0 Å². The highest BCUT2D eigenvalue weighted by molar-refractivity contribution is 6.25. The zero-order valence-electron chi connectivity index (χ0n) is 18.0. The SMILES string of the molecule is O=C(O)NCc1ccc(OCCNc2cccc3c2C(=O)N(C2CCC(=O)NC2=O)C3=O)cc1. The number of nitrogens with zero attached hydrogens (tertiary/aromatic N) is 1. The number of rotatable bonds is 8. The molecule has 0 aliphatic carbocycles. The Morgan fingerprint density at radius 2 is 1.85 bits per heavy atom. The van der Waals surface area contributed by atoms with Crippen LogP contribution in [0.25, 0.3) is 0 Å². The van der Waals surface area contributed by atoms with Gasteiger partial charge in [-0.2, -0.15) is 0 Å². The van der Waals surface area contributed by atoms with Crippen LogP contribution in [0.2, 0.25) is 0 Å². The van der Waals surface area contributed by atoms with Crippen molar-refractivity contribution in [1.29, 1.82) is 0 Å². The predicted octanol–water partition coefficient (Wildman–Crippen LogP) is 1.35. The highest BCUT2D eigenvalue weighted by atomic mass is 16.5. The minimum absolute atomic E-state index is 0.0588. The highest BCUT2D eigenvalue weighted by Gasteiger charge is 2.45. The smallest absolute Gasteiger partial charge is 0.404 e. The second-order valence-electron chi connectivity index (χ2n) is 7.75. The van der Waals surface area contributed by atoms with E-state index in [1.54, 1.807) is 36.4 Å². The average molecular weight is 466 g/mol. The molecular weight excluding hydrogens is 444 g/mol. The first-order valence-corrected chi connectivity index (χ1v) is 10.6. The number of anilines is 1. The summed E-state index contributed by atoms with van der Waals surface area (Å²) in [5, 5.41) is 16.2. The van der Waals surface area contributed by atoms with Crippen LogP contribution in [0.5, 0.6) is 5.75 Å². The van der Waals surface area contributed by atoms with Crippen molar-refractivity contribution in [3.8, 4) is 5.75 Å². The molecule has 0 radical (unpaired) electrons. The maximum atomic E-state index is 13.1. The number of hydrogen-bond acceptors (Lipinski definition) is 7. The van der Waals surface area contributed by atoms with Crippen LogP contribution < -0.4 is 20.7 Å². The molecule has 0 aromatic heterocycles. The van der Waals surface area contributed by atoms with Crippen LogP contribution in [0, 0.1) is 0 Å². The molecule has 34 heavy (non-hydrogen) atoms. The van der Waals surface area contributed by atoms with Crippen molar-refractivity contribution in [1.82, 2.24) is 15.5 Å². The summed E-state index contributed by atoms with van der Waals surface area (Å²) in [5.41, 5.74) is 1.62. The van der Waals surface area contributed by atoms with Crippen molar-refractivity contribution in [3.05, 3.63) is 59.2 Å². The summed E-state index contributed by atoms with van der Waals surface area (Å²) in [6.45, 7) is 0.785. The average Bonchev–Trinajstić information content (AvgIpc) is 3.07. The summed E-state index contributed by atoms with van der Waals surface area (Å²) in [7, 11) is 0. The molecule has 0 bridgehead atoms. The lowest BCUT2D eigenvalue weighted by atomic mass is 10.0. The lowest BCUT2D eigenvalue weighted by molar-refractivity contribution is -0.136. The van der Waals surface area contributed by atoms with Crippen LogP contribution in [0.4, 0.5) is 10.5 Å². The van der Waals surface area contributed by atoms with Gasteiger partial charge in [-0.15, -0.1) is 0 Å². The molecule has 0 spiro atoms. The second kappa shape index (κ2) is 9.61. The zero-order valence-corrected chi connectivity index (χ0v) is 18.0. The molecular formula is C23H22N4O7. The minimum atomic E-state index is -1.10. The molecule has 2 aromatic rings. The molecule has 1 unspecified atom stereocenters. The number of piperidine rings is 1. The number of nitrogens with one attached hydrogen (secondary N) is 3. The third kappa shape index (κ3) is 4.68. The first-order valence-electron chi connectivity index (χ1n) is 10.6. The molecule has 2 aliphatic rings. The number of amides is 5. The number of carboxylic acid groups (broad SMARTS) is 1.